The van der Waals surface area contributed by atoms with Crippen molar-refractivity contribution in [1.82, 2.24) is 4.90 Å². The lowest BCUT2D eigenvalue weighted by atomic mass is 9.72. The quantitative estimate of drug-likeness (QED) is 0.745. The molecule has 3 unspecified atom stereocenters. The number of piperidine rings is 1. The summed E-state index contributed by atoms with van der Waals surface area (Å²) < 4.78 is 17.1. The molecule has 5 nitrogen and oxygen atoms in total. The van der Waals surface area contributed by atoms with E-state index in [0.717, 1.165) is 45.2 Å². The summed E-state index contributed by atoms with van der Waals surface area (Å²) in [6, 6.07) is 0.573. The van der Waals surface area contributed by atoms with E-state index in [1.165, 1.54) is 0 Å². The molecule has 0 N–H and O–H groups in total. The number of rotatable bonds is 4. The zero-order chi connectivity index (χ0) is 15.6. The van der Waals surface area contributed by atoms with Crippen molar-refractivity contribution in [3.05, 3.63) is 0 Å². The lowest BCUT2D eigenvalue weighted by molar-refractivity contribution is -0.205. The van der Waals surface area contributed by atoms with Crippen LogP contribution < -0.4 is 0 Å². The second-order valence-corrected chi connectivity index (χ2v) is 6.86. The number of nitrogens with zero attached hydrogens (tertiary/aromatic N) is 1. The van der Waals surface area contributed by atoms with Crippen molar-refractivity contribution in [3.63, 3.8) is 0 Å². The highest BCUT2D eigenvalue weighted by molar-refractivity contribution is 5.72. The average molecular weight is 311 g/mol. The maximum atomic E-state index is 12.2. The zero-order valence-electron chi connectivity index (χ0n) is 13.9. The molecule has 1 aliphatic carbocycles. The Kier molecular flexibility index (Phi) is 5.05. The average Bonchev–Trinajstić information content (AvgIpc) is 2.95. The standard InChI is InChI=1S/C17H29NO4/c1-3-7-18-12-14(16(19)20-4-2)10-13-11-17(6-5-15(13)18)21-8-9-22-17/h13-15H,3-12H2,1-2H3. The fraction of sp³-hybridized carbons (Fsp3) is 0.941. The van der Waals surface area contributed by atoms with Crippen molar-refractivity contribution in [3.8, 4) is 0 Å². The molecule has 1 spiro atoms. The summed E-state index contributed by atoms with van der Waals surface area (Å²) >= 11 is 0. The van der Waals surface area contributed by atoms with Gasteiger partial charge in [0.1, 0.15) is 0 Å². The van der Waals surface area contributed by atoms with Gasteiger partial charge in [0.2, 0.25) is 0 Å². The van der Waals surface area contributed by atoms with Crippen molar-refractivity contribution in [2.24, 2.45) is 11.8 Å². The van der Waals surface area contributed by atoms with Gasteiger partial charge < -0.3 is 14.2 Å². The molecule has 1 saturated carbocycles. The summed E-state index contributed by atoms with van der Waals surface area (Å²) in [4.78, 5) is 14.7. The van der Waals surface area contributed by atoms with Crippen molar-refractivity contribution >= 4 is 5.97 Å². The molecule has 5 heteroatoms. The lowest BCUT2D eigenvalue weighted by Crippen LogP contribution is -2.56. The van der Waals surface area contributed by atoms with Gasteiger partial charge in [-0.05, 0) is 38.6 Å². The summed E-state index contributed by atoms with van der Waals surface area (Å²) in [6.45, 7) is 7.87. The molecular formula is C17H29NO4. The zero-order valence-corrected chi connectivity index (χ0v) is 13.9. The molecule has 2 aliphatic heterocycles. The number of carbonyl (C=O) groups excluding carboxylic acids is 1. The van der Waals surface area contributed by atoms with Crippen LogP contribution in [0.25, 0.3) is 0 Å². The molecule has 0 radical (unpaired) electrons. The Hall–Kier alpha value is -0.650. The van der Waals surface area contributed by atoms with Gasteiger partial charge in [-0.3, -0.25) is 9.69 Å². The Bertz CT molecular complexity index is 394. The second kappa shape index (κ2) is 6.85. The number of esters is 1. The lowest BCUT2D eigenvalue weighted by Gasteiger charge is -2.50. The summed E-state index contributed by atoms with van der Waals surface area (Å²) in [7, 11) is 0. The van der Waals surface area contributed by atoms with Gasteiger partial charge in [0.15, 0.2) is 5.79 Å². The van der Waals surface area contributed by atoms with Crippen LogP contribution in [0.4, 0.5) is 0 Å². The largest absolute Gasteiger partial charge is 0.466 e. The van der Waals surface area contributed by atoms with E-state index in [1.807, 2.05) is 6.92 Å². The van der Waals surface area contributed by atoms with Crippen molar-refractivity contribution in [2.45, 2.75) is 57.8 Å². The molecule has 3 aliphatic rings. The van der Waals surface area contributed by atoms with Gasteiger partial charge in [-0.2, -0.15) is 0 Å². The first-order valence-electron chi connectivity index (χ1n) is 8.86. The minimum Gasteiger partial charge on any atom is -0.466 e. The van der Waals surface area contributed by atoms with E-state index >= 15 is 0 Å². The number of carbonyl (C=O) groups is 1. The fourth-order valence-corrected chi connectivity index (χ4v) is 4.56. The molecule has 0 aromatic carbocycles. The molecule has 2 saturated heterocycles. The van der Waals surface area contributed by atoms with E-state index in [1.54, 1.807) is 0 Å². The van der Waals surface area contributed by atoms with Gasteiger partial charge >= 0.3 is 5.97 Å². The highest BCUT2D eigenvalue weighted by Gasteiger charge is 2.49. The van der Waals surface area contributed by atoms with Crippen LogP contribution in [0.1, 0.15) is 46.0 Å². The van der Waals surface area contributed by atoms with Crippen LogP contribution in [0.5, 0.6) is 0 Å². The predicted molar refractivity (Wildman–Crippen MR) is 82.4 cm³/mol. The maximum absolute atomic E-state index is 12.2. The Morgan fingerprint density at radius 2 is 2.09 bits per heavy atom. The molecule has 3 atom stereocenters. The van der Waals surface area contributed by atoms with Gasteiger partial charge in [0, 0.05) is 25.4 Å². The Balaban J connectivity index is 1.71. The number of ether oxygens (including phenoxy) is 3. The second-order valence-electron chi connectivity index (χ2n) is 6.86. The summed E-state index contributed by atoms with van der Waals surface area (Å²) in [5.41, 5.74) is 0. The predicted octanol–water partition coefficient (Wildman–Crippen LogP) is 2.19. The minimum absolute atomic E-state index is 0.00398. The number of fused-ring (bicyclic) bond motifs is 1. The van der Waals surface area contributed by atoms with E-state index < -0.39 is 0 Å². The number of likely N-dealkylation sites (tertiary alicyclic amines) is 1. The molecule has 2 heterocycles. The monoisotopic (exact) mass is 311 g/mol. The number of hydrogen-bond donors (Lipinski definition) is 0. The van der Waals surface area contributed by atoms with E-state index in [0.29, 0.717) is 31.8 Å². The molecule has 0 aromatic heterocycles. The summed E-state index contributed by atoms with van der Waals surface area (Å²) in [5, 5.41) is 0. The van der Waals surface area contributed by atoms with E-state index in [2.05, 4.69) is 11.8 Å². The first-order valence-corrected chi connectivity index (χ1v) is 8.86. The van der Waals surface area contributed by atoms with Gasteiger partial charge in [-0.25, -0.2) is 0 Å². The van der Waals surface area contributed by atoms with Crippen LogP contribution in [0, 0.1) is 11.8 Å². The number of hydrogen-bond acceptors (Lipinski definition) is 5. The smallest absolute Gasteiger partial charge is 0.310 e. The molecule has 0 amide bonds. The topological polar surface area (TPSA) is 48.0 Å². The molecule has 126 valence electrons. The van der Waals surface area contributed by atoms with Crippen LogP contribution >= 0.6 is 0 Å². The minimum atomic E-state index is -0.365. The van der Waals surface area contributed by atoms with Crippen LogP contribution in [0.15, 0.2) is 0 Å². The third kappa shape index (κ3) is 3.17. The molecule has 22 heavy (non-hydrogen) atoms. The SMILES string of the molecule is CCCN1CC(C(=O)OCC)CC2CC3(CCC21)OCCO3. The molecule has 3 rings (SSSR count). The van der Waals surface area contributed by atoms with Gasteiger partial charge in [0.25, 0.3) is 0 Å². The van der Waals surface area contributed by atoms with E-state index in [-0.39, 0.29) is 17.7 Å². The van der Waals surface area contributed by atoms with Crippen LogP contribution in [0.2, 0.25) is 0 Å². The summed E-state index contributed by atoms with van der Waals surface area (Å²) in [6.07, 6.45) is 5.06. The van der Waals surface area contributed by atoms with Crippen molar-refractivity contribution in [1.29, 1.82) is 0 Å². The summed E-state index contributed by atoms with van der Waals surface area (Å²) in [5.74, 6) is 0.0797. The van der Waals surface area contributed by atoms with E-state index in [9.17, 15) is 4.79 Å². The molecule has 0 bridgehead atoms. The van der Waals surface area contributed by atoms with E-state index in [4.69, 9.17) is 14.2 Å². The maximum Gasteiger partial charge on any atom is 0.310 e. The first kappa shape index (κ1) is 16.2. The normalized spacial score (nSPS) is 34.5. The van der Waals surface area contributed by atoms with Gasteiger partial charge in [-0.15, -0.1) is 0 Å². The van der Waals surface area contributed by atoms with Gasteiger partial charge in [-0.1, -0.05) is 6.92 Å². The highest BCUT2D eigenvalue weighted by atomic mass is 16.7. The highest BCUT2D eigenvalue weighted by Crippen LogP contribution is 2.45. The molecular weight excluding hydrogens is 282 g/mol. The molecule has 3 fully saturated rings. The van der Waals surface area contributed by atoms with Crippen molar-refractivity contribution < 1.29 is 19.0 Å². The third-order valence-electron chi connectivity index (χ3n) is 5.39. The third-order valence-corrected chi connectivity index (χ3v) is 5.39. The van der Waals surface area contributed by atoms with Crippen LogP contribution in [-0.2, 0) is 19.0 Å². The van der Waals surface area contributed by atoms with Crippen LogP contribution in [-0.4, -0.2) is 55.6 Å². The van der Waals surface area contributed by atoms with Gasteiger partial charge in [0.05, 0.1) is 25.7 Å². The van der Waals surface area contributed by atoms with Crippen molar-refractivity contribution in [2.75, 3.05) is 32.9 Å². The molecule has 0 aromatic rings. The fourth-order valence-electron chi connectivity index (χ4n) is 4.56. The Morgan fingerprint density at radius 1 is 1.32 bits per heavy atom. The Morgan fingerprint density at radius 3 is 2.77 bits per heavy atom. The first-order chi connectivity index (χ1) is 10.7. The Labute approximate surface area is 133 Å². The van der Waals surface area contributed by atoms with Crippen LogP contribution in [0.3, 0.4) is 0 Å².